The standard InChI is InChI=1S/C17H27N5/c1-14-11-21-10-4-5-16(21)13-22(14)12-15-6-7-18-17(19-15)20-8-2-3-9-20/h6-7,14,16H,2-5,8-13H2,1H3/t14-,16-/m0/s1. The van der Waals surface area contributed by atoms with E-state index in [-0.39, 0.29) is 0 Å². The molecule has 3 fully saturated rings. The number of fused-ring (bicyclic) bond motifs is 1. The molecule has 0 bridgehead atoms. The number of hydrogen-bond donors (Lipinski definition) is 0. The van der Waals surface area contributed by atoms with Crippen molar-refractivity contribution >= 4 is 5.95 Å². The Morgan fingerprint density at radius 3 is 2.86 bits per heavy atom. The average Bonchev–Trinajstić information content (AvgIpc) is 3.19. The second-order valence-corrected chi connectivity index (χ2v) is 7.11. The maximum atomic E-state index is 4.83. The van der Waals surface area contributed by atoms with Gasteiger partial charge in [0.15, 0.2) is 0 Å². The van der Waals surface area contributed by atoms with Crippen LogP contribution in [0.1, 0.15) is 38.3 Å². The fraction of sp³-hybridized carbons (Fsp3) is 0.765. The fourth-order valence-electron chi connectivity index (χ4n) is 4.22. The zero-order chi connectivity index (χ0) is 14.9. The van der Waals surface area contributed by atoms with Gasteiger partial charge in [0.2, 0.25) is 5.95 Å². The molecule has 0 spiro atoms. The van der Waals surface area contributed by atoms with Gasteiger partial charge < -0.3 is 4.90 Å². The molecule has 0 N–H and O–H groups in total. The van der Waals surface area contributed by atoms with Crippen LogP contribution in [0.4, 0.5) is 5.95 Å². The lowest BCUT2D eigenvalue weighted by atomic mass is 10.1. The van der Waals surface area contributed by atoms with Crippen molar-refractivity contribution in [2.45, 2.75) is 51.2 Å². The molecule has 3 aliphatic heterocycles. The minimum atomic E-state index is 0.625. The minimum Gasteiger partial charge on any atom is -0.341 e. The van der Waals surface area contributed by atoms with E-state index in [2.05, 4.69) is 32.7 Å². The van der Waals surface area contributed by atoms with Crippen molar-refractivity contribution in [3.8, 4) is 0 Å². The molecular weight excluding hydrogens is 274 g/mol. The van der Waals surface area contributed by atoms with Crippen molar-refractivity contribution in [1.29, 1.82) is 0 Å². The molecule has 0 aliphatic carbocycles. The van der Waals surface area contributed by atoms with Gasteiger partial charge in [-0.25, -0.2) is 9.97 Å². The number of anilines is 1. The summed E-state index contributed by atoms with van der Waals surface area (Å²) in [4.78, 5) is 16.9. The van der Waals surface area contributed by atoms with Gasteiger partial charge in [-0.3, -0.25) is 9.80 Å². The fourth-order valence-corrected chi connectivity index (χ4v) is 4.22. The number of rotatable bonds is 3. The summed E-state index contributed by atoms with van der Waals surface area (Å²) in [5.74, 6) is 0.933. The third-order valence-electron chi connectivity index (χ3n) is 5.52. The van der Waals surface area contributed by atoms with Gasteiger partial charge in [0.05, 0.1) is 5.69 Å². The molecular formula is C17H27N5. The topological polar surface area (TPSA) is 35.5 Å². The van der Waals surface area contributed by atoms with Crippen LogP contribution in [0.2, 0.25) is 0 Å². The molecule has 4 rings (SSSR count). The van der Waals surface area contributed by atoms with Crippen molar-refractivity contribution in [2.75, 3.05) is 37.6 Å². The number of piperazine rings is 1. The second-order valence-electron chi connectivity index (χ2n) is 7.11. The Kier molecular flexibility index (Phi) is 4.01. The summed E-state index contributed by atoms with van der Waals surface area (Å²) in [6, 6.07) is 3.49. The largest absolute Gasteiger partial charge is 0.341 e. The smallest absolute Gasteiger partial charge is 0.225 e. The number of nitrogens with zero attached hydrogens (tertiary/aromatic N) is 5. The van der Waals surface area contributed by atoms with Gasteiger partial charge in [0.25, 0.3) is 0 Å². The monoisotopic (exact) mass is 301 g/mol. The average molecular weight is 301 g/mol. The summed E-state index contributed by atoms with van der Waals surface area (Å²) in [5.41, 5.74) is 1.18. The summed E-state index contributed by atoms with van der Waals surface area (Å²) in [7, 11) is 0. The van der Waals surface area contributed by atoms with E-state index in [4.69, 9.17) is 4.98 Å². The van der Waals surface area contributed by atoms with E-state index in [1.807, 2.05) is 6.20 Å². The SMILES string of the molecule is C[C@H]1CN2CCC[C@H]2CN1Cc1ccnc(N2CCCC2)n1. The quantitative estimate of drug-likeness (QED) is 0.850. The summed E-state index contributed by atoms with van der Waals surface area (Å²) in [5, 5.41) is 0. The molecule has 120 valence electrons. The number of hydrogen-bond acceptors (Lipinski definition) is 5. The molecule has 5 heteroatoms. The molecule has 3 saturated heterocycles. The molecule has 0 unspecified atom stereocenters. The predicted octanol–water partition coefficient (Wildman–Crippen LogP) is 1.75. The van der Waals surface area contributed by atoms with Crippen LogP contribution in [-0.2, 0) is 6.54 Å². The first-order valence-electron chi connectivity index (χ1n) is 8.84. The van der Waals surface area contributed by atoms with Gasteiger partial charge >= 0.3 is 0 Å². The molecule has 1 aromatic rings. The first-order chi connectivity index (χ1) is 10.8. The van der Waals surface area contributed by atoms with Crippen molar-refractivity contribution in [3.63, 3.8) is 0 Å². The first-order valence-corrected chi connectivity index (χ1v) is 8.84. The summed E-state index contributed by atoms with van der Waals surface area (Å²) in [6.45, 7) is 9.27. The summed E-state index contributed by atoms with van der Waals surface area (Å²) in [6.07, 6.45) is 7.22. The van der Waals surface area contributed by atoms with E-state index in [1.54, 1.807) is 0 Å². The van der Waals surface area contributed by atoms with Crippen LogP contribution in [0.3, 0.4) is 0 Å². The Balaban J connectivity index is 1.45. The Hall–Kier alpha value is -1.20. The van der Waals surface area contributed by atoms with Gasteiger partial charge in [0, 0.05) is 51.0 Å². The van der Waals surface area contributed by atoms with Crippen LogP contribution in [-0.4, -0.2) is 64.6 Å². The molecule has 4 heterocycles. The third kappa shape index (κ3) is 2.84. The maximum Gasteiger partial charge on any atom is 0.225 e. The highest BCUT2D eigenvalue weighted by molar-refractivity contribution is 5.31. The van der Waals surface area contributed by atoms with Crippen LogP contribution in [0, 0.1) is 0 Å². The Bertz CT molecular complexity index is 514. The normalized spacial score (nSPS) is 30.0. The zero-order valence-corrected chi connectivity index (χ0v) is 13.6. The molecule has 1 aromatic heterocycles. The van der Waals surface area contributed by atoms with Crippen molar-refractivity contribution in [2.24, 2.45) is 0 Å². The van der Waals surface area contributed by atoms with E-state index in [1.165, 1.54) is 51.0 Å². The van der Waals surface area contributed by atoms with E-state index < -0.39 is 0 Å². The van der Waals surface area contributed by atoms with E-state index in [0.717, 1.165) is 31.6 Å². The van der Waals surface area contributed by atoms with Gasteiger partial charge in [0.1, 0.15) is 0 Å². The maximum absolute atomic E-state index is 4.83. The van der Waals surface area contributed by atoms with Gasteiger partial charge in [-0.05, 0) is 45.2 Å². The molecule has 0 saturated carbocycles. The molecule has 2 atom stereocenters. The molecule has 0 radical (unpaired) electrons. The van der Waals surface area contributed by atoms with Gasteiger partial charge in [-0.2, -0.15) is 0 Å². The molecule has 22 heavy (non-hydrogen) atoms. The molecule has 0 amide bonds. The Morgan fingerprint density at radius 1 is 1.14 bits per heavy atom. The number of aromatic nitrogens is 2. The Labute approximate surface area is 133 Å². The molecule has 3 aliphatic rings. The summed E-state index contributed by atoms with van der Waals surface area (Å²) < 4.78 is 0. The second kappa shape index (κ2) is 6.13. The van der Waals surface area contributed by atoms with Crippen LogP contribution >= 0.6 is 0 Å². The highest BCUT2D eigenvalue weighted by atomic mass is 15.3. The third-order valence-corrected chi connectivity index (χ3v) is 5.52. The lowest BCUT2D eigenvalue weighted by Crippen LogP contribution is -2.54. The van der Waals surface area contributed by atoms with Crippen molar-refractivity contribution in [3.05, 3.63) is 18.0 Å². The first kappa shape index (κ1) is 14.4. The van der Waals surface area contributed by atoms with Crippen LogP contribution < -0.4 is 4.90 Å². The van der Waals surface area contributed by atoms with Gasteiger partial charge in [-0.1, -0.05) is 0 Å². The van der Waals surface area contributed by atoms with Crippen LogP contribution in [0.15, 0.2) is 12.3 Å². The predicted molar refractivity (Wildman–Crippen MR) is 87.9 cm³/mol. The Morgan fingerprint density at radius 2 is 2.00 bits per heavy atom. The van der Waals surface area contributed by atoms with Gasteiger partial charge in [-0.15, -0.1) is 0 Å². The lowest BCUT2D eigenvalue weighted by molar-refractivity contribution is 0.0532. The summed E-state index contributed by atoms with van der Waals surface area (Å²) >= 11 is 0. The van der Waals surface area contributed by atoms with Crippen LogP contribution in [0.25, 0.3) is 0 Å². The zero-order valence-electron chi connectivity index (χ0n) is 13.6. The van der Waals surface area contributed by atoms with Crippen molar-refractivity contribution < 1.29 is 0 Å². The van der Waals surface area contributed by atoms with Crippen LogP contribution in [0.5, 0.6) is 0 Å². The van der Waals surface area contributed by atoms with E-state index >= 15 is 0 Å². The highest BCUT2D eigenvalue weighted by Crippen LogP contribution is 2.25. The molecule has 0 aromatic carbocycles. The lowest BCUT2D eigenvalue weighted by Gasteiger charge is -2.42. The van der Waals surface area contributed by atoms with E-state index in [9.17, 15) is 0 Å². The van der Waals surface area contributed by atoms with E-state index in [0.29, 0.717) is 6.04 Å². The van der Waals surface area contributed by atoms with Crippen molar-refractivity contribution in [1.82, 2.24) is 19.8 Å². The molecule has 5 nitrogen and oxygen atoms in total. The highest BCUT2D eigenvalue weighted by Gasteiger charge is 2.34. The minimum absolute atomic E-state index is 0.625.